The van der Waals surface area contributed by atoms with E-state index >= 15 is 0 Å². The van der Waals surface area contributed by atoms with Crippen molar-refractivity contribution in [2.24, 2.45) is 0 Å². The van der Waals surface area contributed by atoms with E-state index in [0.29, 0.717) is 17.6 Å². The number of hydrogen-bond donors (Lipinski definition) is 0. The molecule has 4 nitrogen and oxygen atoms in total. The van der Waals surface area contributed by atoms with Crippen LogP contribution in [-0.2, 0) is 4.79 Å². The third-order valence-electron chi connectivity index (χ3n) is 2.19. The first kappa shape index (κ1) is 13.4. The number of non-ortho nitro benzene ring substituents is 1. The molecule has 90 valence electrons. The van der Waals surface area contributed by atoms with Gasteiger partial charge in [-0.05, 0) is 29.7 Å². The molecule has 0 radical (unpaired) electrons. The lowest BCUT2D eigenvalue weighted by Gasteiger charge is -2.00. The van der Waals surface area contributed by atoms with Gasteiger partial charge in [0.15, 0.2) is 0 Å². The minimum Gasteiger partial charge on any atom is -0.276 e. The predicted octanol–water partition coefficient (Wildman–Crippen LogP) is 3.54. The molecule has 0 spiro atoms. The van der Waals surface area contributed by atoms with E-state index in [4.69, 9.17) is 11.6 Å². The van der Waals surface area contributed by atoms with Gasteiger partial charge in [0, 0.05) is 17.7 Å². The number of nitro benzene ring substituents is 1. The first-order chi connectivity index (χ1) is 8.04. The highest BCUT2D eigenvalue weighted by Crippen LogP contribution is 2.18. The summed E-state index contributed by atoms with van der Waals surface area (Å²) >= 11 is 5.43. The van der Waals surface area contributed by atoms with Crippen molar-refractivity contribution >= 4 is 28.6 Å². The summed E-state index contributed by atoms with van der Waals surface area (Å²) < 4.78 is 0. The molecule has 0 saturated carbocycles. The zero-order valence-electron chi connectivity index (χ0n) is 9.35. The minimum atomic E-state index is -0.515. The van der Waals surface area contributed by atoms with Crippen LogP contribution in [0.3, 0.4) is 0 Å². The predicted molar refractivity (Wildman–Crippen MR) is 66.8 cm³/mol. The van der Waals surface area contributed by atoms with Gasteiger partial charge in [-0.3, -0.25) is 14.9 Å². The van der Waals surface area contributed by atoms with Crippen LogP contribution < -0.4 is 0 Å². The van der Waals surface area contributed by atoms with Gasteiger partial charge < -0.3 is 0 Å². The van der Waals surface area contributed by atoms with E-state index < -0.39 is 10.2 Å². The lowest BCUT2D eigenvalue weighted by atomic mass is 10.1. The monoisotopic (exact) mass is 253 g/mol. The maximum atomic E-state index is 11.1. The van der Waals surface area contributed by atoms with Crippen LogP contribution in [0.25, 0.3) is 6.08 Å². The number of halogens is 1. The van der Waals surface area contributed by atoms with E-state index in [-0.39, 0.29) is 5.69 Å². The second-order valence-corrected chi connectivity index (χ2v) is 3.89. The maximum Gasteiger partial charge on any atom is 0.270 e. The van der Waals surface area contributed by atoms with Crippen LogP contribution in [0, 0.1) is 10.1 Å². The van der Waals surface area contributed by atoms with E-state index in [1.165, 1.54) is 12.1 Å². The summed E-state index contributed by atoms with van der Waals surface area (Å²) in [5.41, 5.74) is 1.07. The molecule has 0 N–H and O–H groups in total. The van der Waals surface area contributed by atoms with Gasteiger partial charge in [0.25, 0.3) is 5.69 Å². The number of allylic oxidation sites excluding steroid dienone is 1. The van der Waals surface area contributed by atoms with E-state index in [1.54, 1.807) is 18.2 Å². The van der Waals surface area contributed by atoms with Gasteiger partial charge in [-0.25, -0.2) is 0 Å². The summed E-state index contributed by atoms with van der Waals surface area (Å²) in [6.07, 6.45) is 2.94. The first-order valence-corrected chi connectivity index (χ1v) is 5.57. The van der Waals surface area contributed by atoms with Crippen molar-refractivity contribution in [3.05, 3.63) is 45.5 Å². The van der Waals surface area contributed by atoms with Crippen molar-refractivity contribution < 1.29 is 9.72 Å². The average Bonchev–Trinajstić information content (AvgIpc) is 2.28. The van der Waals surface area contributed by atoms with Gasteiger partial charge in [-0.1, -0.05) is 25.5 Å². The zero-order chi connectivity index (χ0) is 12.8. The van der Waals surface area contributed by atoms with Crippen LogP contribution >= 0.6 is 11.6 Å². The Morgan fingerprint density at radius 1 is 1.53 bits per heavy atom. The fourth-order valence-corrected chi connectivity index (χ4v) is 1.57. The standard InChI is InChI=1S/C12H12ClNO3/c1-2-4-10(12(13)15)7-9-5-3-6-11(8-9)14(16)17/h3,5-8H,2,4H2,1H3. The largest absolute Gasteiger partial charge is 0.276 e. The number of hydrogen-bond acceptors (Lipinski definition) is 3. The molecule has 1 rings (SSSR count). The molecule has 1 aromatic rings. The maximum absolute atomic E-state index is 11.1. The molecule has 1 aromatic carbocycles. The highest BCUT2D eigenvalue weighted by atomic mass is 35.5. The smallest absolute Gasteiger partial charge is 0.270 e. The number of carbonyl (C=O) groups is 1. The zero-order valence-corrected chi connectivity index (χ0v) is 10.1. The van der Waals surface area contributed by atoms with Gasteiger partial charge in [0.05, 0.1) is 4.92 Å². The van der Waals surface area contributed by atoms with Gasteiger partial charge in [0.2, 0.25) is 5.24 Å². The Morgan fingerprint density at radius 2 is 2.24 bits per heavy atom. The van der Waals surface area contributed by atoms with E-state index in [9.17, 15) is 14.9 Å². The molecule has 0 aliphatic heterocycles. The Bertz CT molecular complexity index is 469. The van der Waals surface area contributed by atoms with Crippen molar-refractivity contribution in [2.75, 3.05) is 0 Å². The summed E-state index contributed by atoms with van der Waals surface area (Å²) in [5.74, 6) is 0. The Kier molecular flexibility index (Phi) is 4.84. The van der Waals surface area contributed by atoms with E-state index in [1.807, 2.05) is 6.92 Å². The second-order valence-electron chi connectivity index (χ2n) is 3.55. The lowest BCUT2D eigenvalue weighted by molar-refractivity contribution is -0.384. The van der Waals surface area contributed by atoms with Crippen molar-refractivity contribution in [3.63, 3.8) is 0 Å². The average molecular weight is 254 g/mol. The molecule has 0 amide bonds. The molecule has 5 heteroatoms. The van der Waals surface area contributed by atoms with Crippen LogP contribution in [0.4, 0.5) is 5.69 Å². The third-order valence-corrected chi connectivity index (χ3v) is 2.44. The molecular weight excluding hydrogens is 242 g/mol. The van der Waals surface area contributed by atoms with Crippen LogP contribution in [0.5, 0.6) is 0 Å². The number of nitrogens with zero attached hydrogens (tertiary/aromatic N) is 1. The summed E-state index contributed by atoms with van der Waals surface area (Å²) in [6, 6.07) is 6.09. The van der Waals surface area contributed by atoms with Crippen LogP contribution in [0.15, 0.2) is 29.8 Å². The molecule has 17 heavy (non-hydrogen) atoms. The summed E-state index contributed by atoms with van der Waals surface area (Å²) in [7, 11) is 0. The quantitative estimate of drug-likeness (QED) is 0.349. The highest BCUT2D eigenvalue weighted by molar-refractivity contribution is 6.68. The molecule has 0 unspecified atom stereocenters. The molecule has 0 heterocycles. The molecule has 0 atom stereocenters. The Morgan fingerprint density at radius 3 is 2.76 bits per heavy atom. The minimum absolute atomic E-state index is 0.00313. The van der Waals surface area contributed by atoms with Crippen molar-refractivity contribution in [3.8, 4) is 0 Å². The van der Waals surface area contributed by atoms with Gasteiger partial charge >= 0.3 is 0 Å². The summed E-state index contributed by atoms with van der Waals surface area (Å²) in [4.78, 5) is 21.2. The number of benzene rings is 1. The van der Waals surface area contributed by atoms with Crippen LogP contribution in [0.1, 0.15) is 25.3 Å². The summed E-state index contributed by atoms with van der Waals surface area (Å²) in [5, 5.41) is 10.1. The molecule has 0 aromatic heterocycles. The number of carbonyl (C=O) groups excluding carboxylic acids is 1. The SMILES string of the molecule is CCCC(=Cc1cccc([N+](=O)[O-])c1)C(=O)Cl. The van der Waals surface area contributed by atoms with Gasteiger partial charge in [-0.15, -0.1) is 0 Å². The second kappa shape index (κ2) is 6.15. The van der Waals surface area contributed by atoms with E-state index in [0.717, 1.165) is 6.42 Å². The topological polar surface area (TPSA) is 60.2 Å². The molecule has 0 bridgehead atoms. The third kappa shape index (κ3) is 4.00. The van der Waals surface area contributed by atoms with Gasteiger partial charge in [-0.2, -0.15) is 0 Å². The summed E-state index contributed by atoms with van der Waals surface area (Å²) in [6.45, 7) is 1.93. The van der Waals surface area contributed by atoms with Gasteiger partial charge in [0.1, 0.15) is 0 Å². The van der Waals surface area contributed by atoms with Crippen molar-refractivity contribution in [2.45, 2.75) is 19.8 Å². The molecule has 0 aliphatic carbocycles. The number of rotatable bonds is 5. The Balaban J connectivity index is 3.06. The Hall–Kier alpha value is -1.68. The number of nitro groups is 1. The van der Waals surface area contributed by atoms with Crippen LogP contribution in [-0.4, -0.2) is 10.2 Å². The Labute approximate surface area is 104 Å². The molecule has 0 fully saturated rings. The first-order valence-electron chi connectivity index (χ1n) is 5.19. The molecule has 0 saturated heterocycles. The fourth-order valence-electron chi connectivity index (χ4n) is 1.43. The van der Waals surface area contributed by atoms with Crippen molar-refractivity contribution in [1.29, 1.82) is 0 Å². The van der Waals surface area contributed by atoms with Crippen LogP contribution in [0.2, 0.25) is 0 Å². The highest BCUT2D eigenvalue weighted by Gasteiger charge is 2.08. The molecule has 0 aliphatic rings. The molecular formula is C12H12ClNO3. The lowest BCUT2D eigenvalue weighted by Crippen LogP contribution is -1.93. The normalized spacial score (nSPS) is 11.3. The van der Waals surface area contributed by atoms with E-state index in [2.05, 4.69) is 0 Å². The van der Waals surface area contributed by atoms with Crippen molar-refractivity contribution in [1.82, 2.24) is 0 Å². The fraction of sp³-hybridized carbons (Fsp3) is 0.250.